The summed E-state index contributed by atoms with van der Waals surface area (Å²) in [6.07, 6.45) is 3.60. The third-order valence-electron chi connectivity index (χ3n) is 4.06. The average Bonchev–Trinajstić information content (AvgIpc) is 3.21. The van der Waals surface area contributed by atoms with Gasteiger partial charge in [0, 0.05) is 35.8 Å². The molecule has 120 valence electrons. The van der Waals surface area contributed by atoms with Crippen LogP contribution in [0, 0.1) is 13.8 Å². The first kappa shape index (κ1) is 15.0. The Morgan fingerprint density at radius 3 is 2.62 bits per heavy atom. The van der Waals surface area contributed by atoms with E-state index in [1.54, 1.807) is 11.3 Å². The van der Waals surface area contributed by atoms with E-state index >= 15 is 0 Å². The zero-order valence-electron chi connectivity index (χ0n) is 13.7. The van der Waals surface area contributed by atoms with Gasteiger partial charge < -0.3 is 0 Å². The largest absolute Gasteiger partial charge is 0.281 e. The smallest absolute Gasteiger partial charge is 0.165 e. The minimum atomic E-state index is 0.844. The monoisotopic (exact) mass is 334 g/mol. The number of nitrogens with zero attached hydrogens (tertiary/aromatic N) is 4. The Labute approximate surface area is 144 Å². The highest BCUT2D eigenvalue weighted by Crippen LogP contribution is 2.24. The van der Waals surface area contributed by atoms with E-state index < -0.39 is 0 Å². The number of thiazole rings is 1. The molecule has 3 aromatic heterocycles. The first-order valence-electron chi connectivity index (χ1n) is 8.02. The molecule has 5 heteroatoms. The lowest BCUT2D eigenvalue weighted by Gasteiger charge is -2.08. The Bertz CT molecular complexity index is 972. The van der Waals surface area contributed by atoms with E-state index in [2.05, 4.69) is 46.8 Å². The van der Waals surface area contributed by atoms with Gasteiger partial charge in [0.25, 0.3) is 0 Å². The maximum atomic E-state index is 4.91. The van der Waals surface area contributed by atoms with Crippen molar-refractivity contribution < 1.29 is 0 Å². The lowest BCUT2D eigenvalue weighted by molar-refractivity contribution is 0.830. The normalized spacial score (nSPS) is 11.2. The van der Waals surface area contributed by atoms with Crippen LogP contribution in [-0.2, 0) is 12.8 Å². The van der Waals surface area contributed by atoms with E-state index in [0.29, 0.717) is 0 Å². The summed E-state index contributed by atoms with van der Waals surface area (Å²) in [5.41, 5.74) is 5.21. The number of aromatic nitrogens is 4. The zero-order valence-corrected chi connectivity index (χ0v) is 14.5. The Hall–Kier alpha value is -2.53. The van der Waals surface area contributed by atoms with Crippen molar-refractivity contribution in [3.63, 3.8) is 0 Å². The number of imidazole rings is 1. The fourth-order valence-corrected chi connectivity index (χ4v) is 3.64. The molecule has 4 nitrogen and oxygen atoms in total. The summed E-state index contributed by atoms with van der Waals surface area (Å²) in [5.74, 6) is 1.03. The van der Waals surface area contributed by atoms with Crippen molar-refractivity contribution in [2.24, 2.45) is 0 Å². The maximum Gasteiger partial charge on any atom is 0.165 e. The van der Waals surface area contributed by atoms with Gasteiger partial charge in [-0.15, -0.1) is 11.3 Å². The molecule has 4 rings (SSSR count). The highest BCUT2D eigenvalue weighted by Gasteiger charge is 2.16. The number of hydrogen-bond acceptors (Lipinski definition) is 4. The van der Waals surface area contributed by atoms with Crippen LogP contribution in [0.1, 0.15) is 22.1 Å². The molecule has 0 aliphatic rings. The molecule has 24 heavy (non-hydrogen) atoms. The summed E-state index contributed by atoms with van der Waals surface area (Å²) in [6, 6.07) is 12.4. The molecule has 0 aliphatic heterocycles. The summed E-state index contributed by atoms with van der Waals surface area (Å²) >= 11 is 1.69. The van der Waals surface area contributed by atoms with Gasteiger partial charge in [0.05, 0.1) is 5.01 Å². The molecule has 0 amide bonds. The van der Waals surface area contributed by atoms with Crippen molar-refractivity contribution in [2.45, 2.75) is 26.7 Å². The Morgan fingerprint density at radius 2 is 1.88 bits per heavy atom. The van der Waals surface area contributed by atoms with Crippen molar-refractivity contribution in [3.8, 4) is 5.69 Å². The Morgan fingerprint density at radius 1 is 1.04 bits per heavy atom. The second-order valence-electron chi connectivity index (χ2n) is 5.88. The van der Waals surface area contributed by atoms with Gasteiger partial charge in [-0.05, 0) is 37.6 Å². The average molecular weight is 334 g/mol. The number of fused-ring (bicyclic) bond motifs is 1. The standard InChI is InChI=1S/C19H18N4S/c1-13-12-14(2)21-19-18(13)22-16(8-9-17-20-10-11-24-17)23(19)15-6-4-3-5-7-15/h3-7,10-12H,8-9H2,1-2H3. The van der Waals surface area contributed by atoms with E-state index in [0.717, 1.165) is 46.2 Å². The molecule has 0 aliphatic carbocycles. The van der Waals surface area contributed by atoms with Crippen LogP contribution < -0.4 is 0 Å². The van der Waals surface area contributed by atoms with Crippen molar-refractivity contribution in [1.82, 2.24) is 19.5 Å². The van der Waals surface area contributed by atoms with Crippen LogP contribution in [0.4, 0.5) is 0 Å². The molecular weight excluding hydrogens is 316 g/mol. The summed E-state index contributed by atoms with van der Waals surface area (Å²) < 4.78 is 2.18. The zero-order chi connectivity index (χ0) is 16.5. The lowest BCUT2D eigenvalue weighted by Crippen LogP contribution is -2.04. The van der Waals surface area contributed by atoms with Gasteiger partial charge in [0.2, 0.25) is 0 Å². The third-order valence-corrected chi connectivity index (χ3v) is 4.90. The summed E-state index contributed by atoms with van der Waals surface area (Å²) in [6.45, 7) is 4.13. The molecule has 3 heterocycles. The van der Waals surface area contributed by atoms with Gasteiger partial charge >= 0.3 is 0 Å². The molecule has 4 aromatic rings. The van der Waals surface area contributed by atoms with Gasteiger partial charge in [-0.3, -0.25) is 4.57 Å². The van der Waals surface area contributed by atoms with Gasteiger partial charge in [0.15, 0.2) is 5.65 Å². The predicted octanol–water partition coefficient (Wildman–Crippen LogP) is 4.28. The summed E-state index contributed by atoms with van der Waals surface area (Å²) in [4.78, 5) is 14.1. The first-order chi connectivity index (χ1) is 11.7. The number of hydrogen-bond donors (Lipinski definition) is 0. The van der Waals surface area contributed by atoms with Crippen molar-refractivity contribution >= 4 is 22.5 Å². The molecule has 0 spiro atoms. The molecule has 0 saturated heterocycles. The van der Waals surface area contributed by atoms with Crippen molar-refractivity contribution in [3.05, 3.63) is 70.1 Å². The molecular formula is C19H18N4S. The lowest BCUT2D eigenvalue weighted by atomic mass is 10.2. The van der Waals surface area contributed by atoms with Crippen LogP contribution in [-0.4, -0.2) is 19.5 Å². The van der Waals surface area contributed by atoms with Gasteiger partial charge in [-0.2, -0.15) is 0 Å². The fourth-order valence-electron chi connectivity index (χ4n) is 3.02. The molecule has 0 saturated carbocycles. The maximum absolute atomic E-state index is 4.91. The van der Waals surface area contributed by atoms with Crippen molar-refractivity contribution in [1.29, 1.82) is 0 Å². The van der Waals surface area contributed by atoms with Crippen LogP contribution in [0.25, 0.3) is 16.9 Å². The van der Waals surface area contributed by atoms with E-state index in [4.69, 9.17) is 9.97 Å². The van der Waals surface area contributed by atoms with E-state index in [9.17, 15) is 0 Å². The highest BCUT2D eigenvalue weighted by atomic mass is 32.1. The predicted molar refractivity (Wildman–Crippen MR) is 97.9 cm³/mol. The first-order valence-corrected chi connectivity index (χ1v) is 8.90. The second kappa shape index (κ2) is 6.17. The number of rotatable bonds is 4. The minimum absolute atomic E-state index is 0.844. The van der Waals surface area contributed by atoms with Gasteiger partial charge in [-0.1, -0.05) is 18.2 Å². The molecule has 0 unspecified atom stereocenters. The van der Waals surface area contributed by atoms with Crippen LogP contribution in [0.5, 0.6) is 0 Å². The van der Waals surface area contributed by atoms with Gasteiger partial charge in [0.1, 0.15) is 11.3 Å². The Balaban J connectivity index is 1.86. The number of benzene rings is 1. The Kier molecular flexibility index (Phi) is 3.86. The molecule has 0 atom stereocenters. The summed E-state index contributed by atoms with van der Waals surface area (Å²) in [5, 5.41) is 3.16. The quantitative estimate of drug-likeness (QED) is 0.559. The fraction of sp³-hybridized carbons (Fsp3) is 0.211. The van der Waals surface area contributed by atoms with Crippen LogP contribution >= 0.6 is 11.3 Å². The number of para-hydroxylation sites is 1. The highest BCUT2D eigenvalue weighted by molar-refractivity contribution is 7.09. The second-order valence-corrected chi connectivity index (χ2v) is 6.86. The summed E-state index contributed by atoms with van der Waals surface area (Å²) in [7, 11) is 0. The molecule has 0 fully saturated rings. The van der Waals surface area contributed by atoms with E-state index in [1.165, 1.54) is 5.56 Å². The molecule has 0 bridgehead atoms. The topological polar surface area (TPSA) is 43.6 Å². The number of pyridine rings is 1. The van der Waals surface area contributed by atoms with E-state index in [-0.39, 0.29) is 0 Å². The molecule has 0 radical (unpaired) electrons. The van der Waals surface area contributed by atoms with Crippen LogP contribution in [0.3, 0.4) is 0 Å². The van der Waals surface area contributed by atoms with Gasteiger partial charge in [-0.25, -0.2) is 15.0 Å². The molecule has 0 N–H and O–H groups in total. The number of aryl methyl sites for hydroxylation is 4. The van der Waals surface area contributed by atoms with E-state index in [1.807, 2.05) is 24.6 Å². The van der Waals surface area contributed by atoms with Crippen molar-refractivity contribution in [2.75, 3.05) is 0 Å². The van der Waals surface area contributed by atoms with Crippen LogP contribution in [0.15, 0.2) is 48.0 Å². The van der Waals surface area contributed by atoms with Crippen LogP contribution in [0.2, 0.25) is 0 Å². The minimum Gasteiger partial charge on any atom is -0.281 e. The SMILES string of the molecule is Cc1cc(C)c2nc(CCc3nccs3)n(-c3ccccc3)c2n1. The third kappa shape index (κ3) is 2.71. The molecule has 1 aromatic carbocycles.